The topological polar surface area (TPSA) is 72.5 Å². The van der Waals surface area contributed by atoms with E-state index < -0.39 is 0 Å². The predicted molar refractivity (Wildman–Crippen MR) is 94.5 cm³/mol. The number of benzene rings is 1. The molecule has 0 aliphatic carbocycles. The SMILES string of the molecule is COc1cc(OC)cc(C(=O)Nc2ncc(C3CCNCC3)s2)c1. The van der Waals surface area contributed by atoms with Crippen LogP contribution in [-0.2, 0) is 0 Å². The van der Waals surface area contributed by atoms with Crippen molar-refractivity contribution in [2.45, 2.75) is 18.8 Å². The van der Waals surface area contributed by atoms with Gasteiger partial charge in [0.25, 0.3) is 5.91 Å². The molecule has 1 fully saturated rings. The van der Waals surface area contributed by atoms with E-state index in [1.54, 1.807) is 43.8 Å². The maximum atomic E-state index is 12.5. The summed E-state index contributed by atoms with van der Waals surface area (Å²) in [6.45, 7) is 2.07. The molecule has 0 bridgehead atoms. The van der Waals surface area contributed by atoms with E-state index in [9.17, 15) is 4.79 Å². The molecule has 0 atom stereocenters. The number of anilines is 1. The summed E-state index contributed by atoms with van der Waals surface area (Å²) in [6.07, 6.45) is 4.10. The molecule has 1 saturated heterocycles. The van der Waals surface area contributed by atoms with Gasteiger partial charge in [-0.25, -0.2) is 4.98 Å². The molecule has 2 N–H and O–H groups in total. The van der Waals surface area contributed by atoms with Crippen molar-refractivity contribution in [3.05, 3.63) is 34.8 Å². The van der Waals surface area contributed by atoms with Crippen molar-refractivity contribution in [1.82, 2.24) is 10.3 Å². The molecule has 24 heavy (non-hydrogen) atoms. The van der Waals surface area contributed by atoms with Crippen molar-refractivity contribution in [2.24, 2.45) is 0 Å². The standard InChI is InChI=1S/C17H21N3O3S/c1-22-13-7-12(8-14(9-13)23-2)16(21)20-17-19-10-15(24-17)11-3-5-18-6-4-11/h7-11,18H,3-6H2,1-2H3,(H,19,20,21). The van der Waals surface area contributed by atoms with Crippen molar-refractivity contribution in [2.75, 3.05) is 32.6 Å². The number of ether oxygens (including phenoxy) is 2. The number of aromatic nitrogens is 1. The zero-order chi connectivity index (χ0) is 16.9. The van der Waals surface area contributed by atoms with Crippen molar-refractivity contribution in [1.29, 1.82) is 0 Å². The van der Waals surface area contributed by atoms with E-state index in [0.29, 0.717) is 28.1 Å². The van der Waals surface area contributed by atoms with Crippen LogP contribution in [-0.4, -0.2) is 38.2 Å². The Bertz CT molecular complexity index is 689. The number of amides is 1. The molecule has 1 amide bonds. The minimum absolute atomic E-state index is 0.224. The van der Waals surface area contributed by atoms with Gasteiger partial charge in [-0.1, -0.05) is 0 Å². The van der Waals surface area contributed by atoms with Crippen LogP contribution in [0.25, 0.3) is 0 Å². The van der Waals surface area contributed by atoms with Gasteiger partial charge >= 0.3 is 0 Å². The molecule has 2 heterocycles. The van der Waals surface area contributed by atoms with Crippen molar-refractivity contribution in [3.63, 3.8) is 0 Å². The molecule has 1 aliphatic rings. The van der Waals surface area contributed by atoms with Crippen LogP contribution in [0.5, 0.6) is 11.5 Å². The number of hydrogen-bond acceptors (Lipinski definition) is 6. The summed E-state index contributed by atoms with van der Waals surface area (Å²) in [5.74, 6) is 1.47. The first-order valence-corrected chi connectivity index (χ1v) is 8.72. The van der Waals surface area contributed by atoms with Crippen molar-refractivity contribution < 1.29 is 14.3 Å². The lowest BCUT2D eigenvalue weighted by Crippen LogP contribution is -2.26. The minimum Gasteiger partial charge on any atom is -0.497 e. The Morgan fingerprint density at radius 1 is 1.21 bits per heavy atom. The van der Waals surface area contributed by atoms with Gasteiger partial charge in [-0.2, -0.15) is 0 Å². The van der Waals surface area contributed by atoms with E-state index in [0.717, 1.165) is 25.9 Å². The van der Waals surface area contributed by atoms with Crippen LogP contribution in [0, 0.1) is 0 Å². The van der Waals surface area contributed by atoms with Crippen LogP contribution in [0.4, 0.5) is 5.13 Å². The third kappa shape index (κ3) is 3.85. The third-order valence-corrected chi connectivity index (χ3v) is 5.17. The minimum atomic E-state index is -0.224. The lowest BCUT2D eigenvalue weighted by molar-refractivity contribution is 0.102. The summed E-state index contributed by atoms with van der Waals surface area (Å²) in [7, 11) is 3.12. The van der Waals surface area contributed by atoms with Crippen molar-refractivity contribution in [3.8, 4) is 11.5 Å². The number of carbonyl (C=O) groups is 1. The molecule has 3 rings (SSSR count). The maximum absolute atomic E-state index is 12.5. The Balaban J connectivity index is 1.71. The summed E-state index contributed by atoms with van der Waals surface area (Å²) < 4.78 is 10.4. The summed E-state index contributed by atoms with van der Waals surface area (Å²) >= 11 is 1.55. The number of nitrogens with zero attached hydrogens (tertiary/aromatic N) is 1. The van der Waals surface area contributed by atoms with Crippen LogP contribution in [0.1, 0.15) is 34.0 Å². The molecule has 0 saturated carbocycles. The molecule has 1 aromatic heterocycles. The molecule has 128 valence electrons. The van der Waals surface area contributed by atoms with E-state index in [4.69, 9.17) is 9.47 Å². The zero-order valence-electron chi connectivity index (χ0n) is 13.8. The number of rotatable bonds is 5. The fourth-order valence-corrected chi connectivity index (χ4v) is 3.73. The summed E-state index contributed by atoms with van der Waals surface area (Å²) in [4.78, 5) is 18.0. The van der Waals surface area contributed by atoms with Crippen LogP contribution in [0.15, 0.2) is 24.4 Å². The van der Waals surface area contributed by atoms with Crippen LogP contribution >= 0.6 is 11.3 Å². The van der Waals surface area contributed by atoms with Gasteiger partial charge in [-0.15, -0.1) is 11.3 Å². The highest BCUT2D eigenvalue weighted by molar-refractivity contribution is 7.15. The molecule has 1 aromatic carbocycles. The first-order chi connectivity index (χ1) is 11.7. The first kappa shape index (κ1) is 16.7. The second-order valence-electron chi connectivity index (χ2n) is 5.65. The average molecular weight is 347 g/mol. The van der Waals surface area contributed by atoms with Crippen molar-refractivity contribution >= 4 is 22.4 Å². The molecule has 7 heteroatoms. The van der Waals surface area contributed by atoms with E-state index in [1.165, 1.54) is 4.88 Å². The van der Waals surface area contributed by atoms with Crippen LogP contribution < -0.4 is 20.1 Å². The normalized spacial score (nSPS) is 15.1. The molecular formula is C17H21N3O3S. The summed E-state index contributed by atoms with van der Waals surface area (Å²) in [5.41, 5.74) is 0.477. The molecule has 2 aromatic rings. The lowest BCUT2D eigenvalue weighted by Gasteiger charge is -2.20. The molecular weight excluding hydrogens is 326 g/mol. The fourth-order valence-electron chi connectivity index (χ4n) is 2.75. The van der Waals surface area contributed by atoms with E-state index >= 15 is 0 Å². The van der Waals surface area contributed by atoms with Crippen LogP contribution in [0.3, 0.4) is 0 Å². The summed E-state index contributed by atoms with van der Waals surface area (Å²) in [6, 6.07) is 5.09. The molecule has 0 spiro atoms. The first-order valence-electron chi connectivity index (χ1n) is 7.90. The Morgan fingerprint density at radius 2 is 1.88 bits per heavy atom. The molecule has 1 aliphatic heterocycles. The van der Waals surface area contributed by atoms with E-state index in [1.807, 2.05) is 6.20 Å². The van der Waals surface area contributed by atoms with Gasteiger partial charge in [0.2, 0.25) is 0 Å². The smallest absolute Gasteiger partial charge is 0.257 e. The molecule has 6 nitrogen and oxygen atoms in total. The Hall–Kier alpha value is -2.12. The number of carbonyl (C=O) groups excluding carboxylic acids is 1. The van der Waals surface area contributed by atoms with Gasteiger partial charge < -0.3 is 14.8 Å². The largest absolute Gasteiger partial charge is 0.497 e. The Labute approximate surface area is 145 Å². The highest BCUT2D eigenvalue weighted by Gasteiger charge is 2.19. The average Bonchev–Trinajstić information content (AvgIpc) is 3.10. The van der Waals surface area contributed by atoms with E-state index in [-0.39, 0.29) is 5.91 Å². The number of nitrogens with one attached hydrogen (secondary N) is 2. The van der Waals surface area contributed by atoms with Gasteiger partial charge in [0, 0.05) is 22.7 Å². The third-order valence-electron chi connectivity index (χ3n) is 4.10. The highest BCUT2D eigenvalue weighted by Crippen LogP contribution is 2.32. The highest BCUT2D eigenvalue weighted by atomic mass is 32.1. The number of hydrogen-bond donors (Lipinski definition) is 2. The fraction of sp³-hybridized carbons (Fsp3) is 0.412. The Morgan fingerprint density at radius 3 is 2.50 bits per heavy atom. The predicted octanol–water partition coefficient (Wildman–Crippen LogP) is 2.88. The molecule has 0 unspecified atom stereocenters. The zero-order valence-corrected chi connectivity index (χ0v) is 14.6. The number of thiazole rings is 1. The number of piperidine rings is 1. The maximum Gasteiger partial charge on any atom is 0.257 e. The number of methoxy groups -OCH3 is 2. The van der Waals surface area contributed by atoms with E-state index in [2.05, 4.69) is 15.6 Å². The van der Waals surface area contributed by atoms with Gasteiger partial charge in [0.1, 0.15) is 11.5 Å². The van der Waals surface area contributed by atoms with Gasteiger partial charge in [-0.05, 0) is 44.0 Å². The van der Waals surface area contributed by atoms with Gasteiger partial charge in [-0.3, -0.25) is 10.1 Å². The lowest BCUT2D eigenvalue weighted by atomic mass is 9.97. The monoisotopic (exact) mass is 347 g/mol. The van der Waals surface area contributed by atoms with Gasteiger partial charge in [0.15, 0.2) is 5.13 Å². The molecule has 0 radical (unpaired) electrons. The van der Waals surface area contributed by atoms with Crippen LogP contribution in [0.2, 0.25) is 0 Å². The summed E-state index contributed by atoms with van der Waals surface area (Å²) in [5, 5.41) is 6.84. The van der Waals surface area contributed by atoms with Gasteiger partial charge in [0.05, 0.1) is 14.2 Å². The Kier molecular flexibility index (Phi) is 5.32. The second kappa shape index (κ2) is 7.63. The second-order valence-corrected chi connectivity index (χ2v) is 6.71. The quantitative estimate of drug-likeness (QED) is 0.870.